The summed E-state index contributed by atoms with van der Waals surface area (Å²) in [4.78, 5) is 2.63. The van der Waals surface area contributed by atoms with Crippen LogP contribution in [-0.4, -0.2) is 17.5 Å². The van der Waals surface area contributed by atoms with Crippen molar-refractivity contribution in [3.05, 3.63) is 34.9 Å². The zero-order valence-corrected chi connectivity index (χ0v) is 10.7. The van der Waals surface area contributed by atoms with Crippen molar-refractivity contribution in [3.8, 4) is 0 Å². The number of nitrogens with zero attached hydrogens (tertiary/aromatic N) is 1. The van der Waals surface area contributed by atoms with Gasteiger partial charge in [0, 0.05) is 25.7 Å². The SMILES string of the molecule is CC1CCCCN1Cc1ccc2c(c1)CNC2. The molecule has 17 heavy (non-hydrogen) atoms. The molecule has 0 spiro atoms. The van der Waals surface area contributed by atoms with E-state index in [1.54, 1.807) is 0 Å². The number of hydrogen-bond donors (Lipinski definition) is 1. The van der Waals surface area contributed by atoms with E-state index in [0.29, 0.717) is 0 Å². The smallest absolute Gasteiger partial charge is 0.0236 e. The maximum atomic E-state index is 3.41. The van der Waals surface area contributed by atoms with E-state index in [1.165, 1.54) is 42.5 Å². The Hall–Kier alpha value is -0.860. The lowest BCUT2D eigenvalue weighted by atomic mass is 10.0. The first-order valence-electron chi connectivity index (χ1n) is 6.88. The van der Waals surface area contributed by atoms with Crippen LogP contribution >= 0.6 is 0 Å². The molecule has 2 nitrogen and oxygen atoms in total. The van der Waals surface area contributed by atoms with Gasteiger partial charge in [-0.05, 0) is 43.0 Å². The Morgan fingerprint density at radius 3 is 3.00 bits per heavy atom. The fourth-order valence-corrected chi connectivity index (χ4v) is 3.07. The Bertz CT molecular complexity index is 400. The average Bonchev–Trinajstić information content (AvgIpc) is 2.79. The van der Waals surface area contributed by atoms with Crippen molar-refractivity contribution in [1.29, 1.82) is 0 Å². The van der Waals surface area contributed by atoms with Crippen LogP contribution in [0.3, 0.4) is 0 Å². The Kier molecular flexibility index (Phi) is 3.17. The molecule has 0 aromatic heterocycles. The first kappa shape index (κ1) is 11.2. The summed E-state index contributed by atoms with van der Waals surface area (Å²) in [6, 6.07) is 7.78. The number of benzene rings is 1. The molecule has 0 saturated carbocycles. The van der Waals surface area contributed by atoms with Gasteiger partial charge in [0.1, 0.15) is 0 Å². The molecule has 92 valence electrons. The van der Waals surface area contributed by atoms with Gasteiger partial charge in [0.05, 0.1) is 0 Å². The molecule has 3 rings (SSSR count). The molecule has 1 N–H and O–H groups in total. The van der Waals surface area contributed by atoms with E-state index in [4.69, 9.17) is 0 Å². The van der Waals surface area contributed by atoms with Crippen LogP contribution in [0.1, 0.15) is 42.9 Å². The van der Waals surface area contributed by atoms with Crippen LogP contribution in [0.2, 0.25) is 0 Å². The fourth-order valence-electron chi connectivity index (χ4n) is 3.07. The lowest BCUT2D eigenvalue weighted by Crippen LogP contribution is -2.36. The monoisotopic (exact) mass is 230 g/mol. The quantitative estimate of drug-likeness (QED) is 0.840. The van der Waals surface area contributed by atoms with E-state index in [-0.39, 0.29) is 0 Å². The number of fused-ring (bicyclic) bond motifs is 1. The van der Waals surface area contributed by atoms with Crippen molar-refractivity contribution in [2.45, 2.75) is 51.9 Å². The number of piperidine rings is 1. The summed E-state index contributed by atoms with van der Waals surface area (Å²) in [7, 11) is 0. The second-order valence-electron chi connectivity index (χ2n) is 5.52. The molecule has 0 aliphatic carbocycles. The molecular weight excluding hydrogens is 208 g/mol. The third kappa shape index (κ3) is 2.38. The van der Waals surface area contributed by atoms with E-state index < -0.39 is 0 Å². The highest BCUT2D eigenvalue weighted by molar-refractivity contribution is 5.34. The van der Waals surface area contributed by atoms with Gasteiger partial charge in [-0.25, -0.2) is 0 Å². The number of hydrogen-bond acceptors (Lipinski definition) is 2. The molecule has 0 amide bonds. The van der Waals surface area contributed by atoms with Crippen LogP contribution in [0.15, 0.2) is 18.2 Å². The van der Waals surface area contributed by atoms with Crippen molar-refractivity contribution < 1.29 is 0 Å². The predicted octanol–water partition coefficient (Wildman–Crippen LogP) is 2.66. The summed E-state index contributed by atoms with van der Waals surface area (Å²) >= 11 is 0. The maximum Gasteiger partial charge on any atom is 0.0236 e. The number of rotatable bonds is 2. The molecule has 2 aliphatic rings. The van der Waals surface area contributed by atoms with Crippen molar-refractivity contribution >= 4 is 0 Å². The van der Waals surface area contributed by atoms with E-state index in [9.17, 15) is 0 Å². The van der Waals surface area contributed by atoms with E-state index in [0.717, 1.165) is 25.7 Å². The van der Waals surface area contributed by atoms with Crippen LogP contribution < -0.4 is 5.32 Å². The molecule has 1 atom stereocenters. The lowest BCUT2D eigenvalue weighted by Gasteiger charge is -2.33. The topological polar surface area (TPSA) is 15.3 Å². The second-order valence-corrected chi connectivity index (χ2v) is 5.52. The van der Waals surface area contributed by atoms with Crippen molar-refractivity contribution in [1.82, 2.24) is 10.2 Å². The van der Waals surface area contributed by atoms with Gasteiger partial charge < -0.3 is 5.32 Å². The zero-order valence-electron chi connectivity index (χ0n) is 10.7. The van der Waals surface area contributed by atoms with Gasteiger partial charge >= 0.3 is 0 Å². The van der Waals surface area contributed by atoms with E-state index in [1.807, 2.05) is 0 Å². The van der Waals surface area contributed by atoms with Crippen molar-refractivity contribution in [2.75, 3.05) is 6.54 Å². The Balaban J connectivity index is 1.72. The predicted molar refractivity (Wildman–Crippen MR) is 70.7 cm³/mol. The summed E-state index contributed by atoms with van der Waals surface area (Å²) in [6.45, 7) is 6.88. The lowest BCUT2D eigenvalue weighted by molar-refractivity contribution is 0.152. The van der Waals surface area contributed by atoms with Crippen molar-refractivity contribution in [2.24, 2.45) is 0 Å². The molecule has 2 heterocycles. The summed E-state index contributed by atoms with van der Waals surface area (Å²) in [5.41, 5.74) is 4.48. The first-order chi connectivity index (χ1) is 8.33. The Labute approximate surface area is 104 Å². The van der Waals surface area contributed by atoms with Crippen LogP contribution in [0.25, 0.3) is 0 Å². The number of likely N-dealkylation sites (tertiary alicyclic amines) is 1. The summed E-state index contributed by atoms with van der Waals surface area (Å²) < 4.78 is 0. The molecule has 1 fully saturated rings. The highest BCUT2D eigenvalue weighted by Crippen LogP contribution is 2.22. The highest BCUT2D eigenvalue weighted by Gasteiger charge is 2.18. The minimum atomic E-state index is 0.759. The average molecular weight is 230 g/mol. The molecule has 1 aromatic carbocycles. The molecule has 1 unspecified atom stereocenters. The van der Waals surface area contributed by atoms with Crippen LogP contribution in [0.5, 0.6) is 0 Å². The van der Waals surface area contributed by atoms with Crippen LogP contribution in [-0.2, 0) is 19.6 Å². The van der Waals surface area contributed by atoms with Gasteiger partial charge in [-0.15, -0.1) is 0 Å². The van der Waals surface area contributed by atoms with Gasteiger partial charge in [0.2, 0.25) is 0 Å². The van der Waals surface area contributed by atoms with Gasteiger partial charge in [0.25, 0.3) is 0 Å². The maximum absolute atomic E-state index is 3.41. The Morgan fingerprint density at radius 2 is 2.12 bits per heavy atom. The minimum Gasteiger partial charge on any atom is -0.309 e. The summed E-state index contributed by atoms with van der Waals surface area (Å²) in [5, 5.41) is 3.41. The Morgan fingerprint density at radius 1 is 1.24 bits per heavy atom. The molecule has 0 radical (unpaired) electrons. The third-order valence-corrected chi connectivity index (χ3v) is 4.23. The minimum absolute atomic E-state index is 0.759. The number of nitrogens with one attached hydrogen (secondary N) is 1. The van der Waals surface area contributed by atoms with E-state index in [2.05, 4.69) is 35.3 Å². The first-order valence-corrected chi connectivity index (χ1v) is 6.88. The van der Waals surface area contributed by atoms with Crippen LogP contribution in [0, 0.1) is 0 Å². The highest BCUT2D eigenvalue weighted by atomic mass is 15.2. The van der Waals surface area contributed by atoms with Crippen molar-refractivity contribution in [3.63, 3.8) is 0 Å². The largest absolute Gasteiger partial charge is 0.309 e. The fraction of sp³-hybridized carbons (Fsp3) is 0.600. The van der Waals surface area contributed by atoms with Gasteiger partial charge in [-0.3, -0.25) is 4.90 Å². The van der Waals surface area contributed by atoms with Gasteiger partial charge in [-0.2, -0.15) is 0 Å². The molecule has 0 bridgehead atoms. The molecule has 2 heteroatoms. The summed E-state index contributed by atoms with van der Waals surface area (Å²) in [5.74, 6) is 0. The zero-order chi connectivity index (χ0) is 11.7. The molecule has 2 aliphatic heterocycles. The molecule has 1 saturated heterocycles. The van der Waals surface area contributed by atoms with Gasteiger partial charge in [-0.1, -0.05) is 24.6 Å². The normalized spacial score (nSPS) is 24.9. The summed E-state index contributed by atoms with van der Waals surface area (Å²) in [6.07, 6.45) is 4.15. The second kappa shape index (κ2) is 4.79. The third-order valence-electron chi connectivity index (χ3n) is 4.23. The van der Waals surface area contributed by atoms with Gasteiger partial charge in [0.15, 0.2) is 0 Å². The van der Waals surface area contributed by atoms with E-state index >= 15 is 0 Å². The molecule has 1 aromatic rings. The standard InChI is InChI=1S/C15H22N2/c1-12-4-2-3-7-17(12)11-13-5-6-14-9-16-10-15(14)8-13/h5-6,8,12,16H,2-4,7,9-11H2,1H3. The van der Waals surface area contributed by atoms with Crippen LogP contribution in [0.4, 0.5) is 0 Å². The molecular formula is C15H22N2.